The molecule has 33 heavy (non-hydrogen) atoms. The van der Waals surface area contributed by atoms with Gasteiger partial charge in [0.25, 0.3) is 5.91 Å². The molecule has 4 nitrogen and oxygen atoms in total. The van der Waals surface area contributed by atoms with E-state index < -0.39 is 17.6 Å². The van der Waals surface area contributed by atoms with Crippen LogP contribution in [0.5, 0.6) is 5.75 Å². The predicted molar refractivity (Wildman–Crippen MR) is 126 cm³/mol. The van der Waals surface area contributed by atoms with Crippen molar-refractivity contribution in [1.29, 1.82) is 0 Å². The van der Waals surface area contributed by atoms with E-state index in [0.29, 0.717) is 25.8 Å². The van der Waals surface area contributed by atoms with Crippen molar-refractivity contribution in [2.75, 3.05) is 0 Å². The monoisotopic (exact) mass is 578 g/mol. The molecular formula is C22H13BrCl3F3N2O2. The van der Waals surface area contributed by atoms with E-state index in [4.69, 9.17) is 39.5 Å². The lowest BCUT2D eigenvalue weighted by atomic mass is 10.1. The van der Waals surface area contributed by atoms with Crippen molar-refractivity contribution in [2.45, 2.75) is 12.8 Å². The van der Waals surface area contributed by atoms with Crippen LogP contribution in [0.2, 0.25) is 15.1 Å². The zero-order valence-electron chi connectivity index (χ0n) is 16.4. The number of ether oxygens (including phenoxy) is 1. The number of carbonyl (C=O) groups is 1. The smallest absolute Gasteiger partial charge is 0.416 e. The van der Waals surface area contributed by atoms with E-state index in [9.17, 15) is 18.0 Å². The number of benzene rings is 3. The fourth-order valence-electron chi connectivity index (χ4n) is 2.64. The Bertz CT molecular complexity index is 1200. The number of nitrogens with zero attached hydrogens (tertiary/aromatic N) is 1. The van der Waals surface area contributed by atoms with Crippen LogP contribution >= 0.6 is 50.7 Å². The normalized spacial score (nSPS) is 11.6. The van der Waals surface area contributed by atoms with Gasteiger partial charge < -0.3 is 4.74 Å². The van der Waals surface area contributed by atoms with Crippen LogP contribution in [-0.2, 0) is 12.8 Å². The van der Waals surface area contributed by atoms with Crippen molar-refractivity contribution in [1.82, 2.24) is 5.43 Å². The third kappa shape index (κ3) is 6.86. The minimum Gasteiger partial charge on any atom is -0.486 e. The molecule has 11 heteroatoms. The van der Waals surface area contributed by atoms with Crippen LogP contribution in [0.3, 0.4) is 0 Å². The Kier molecular flexibility index (Phi) is 8.28. The van der Waals surface area contributed by atoms with Gasteiger partial charge in [0.2, 0.25) is 0 Å². The number of nitrogens with one attached hydrogen (secondary N) is 1. The van der Waals surface area contributed by atoms with Gasteiger partial charge in [0.1, 0.15) is 6.61 Å². The van der Waals surface area contributed by atoms with Gasteiger partial charge in [-0.2, -0.15) is 18.3 Å². The van der Waals surface area contributed by atoms with Crippen molar-refractivity contribution in [2.24, 2.45) is 5.10 Å². The minimum absolute atomic E-state index is 0.174. The largest absolute Gasteiger partial charge is 0.486 e. The second kappa shape index (κ2) is 10.8. The van der Waals surface area contributed by atoms with Crippen LogP contribution in [0, 0.1) is 0 Å². The summed E-state index contributed by atoms with van der Waals surface area (Å²) in [7, 11) is 0. The maximum absolute atomic E-state index is 12.8. The molecule has 0 saturated carbocycles. The summed E-state index contributed by atoms with van der Waals surface area (Å²) in [6.07, 6.45) is -3.25. The summed E-state index contributed by atoms with van der Waals surface area (Å²) in [5, 5.41) is 4.89. The number of hydrogen-bond acceptors (Lipinski definition) is 3. The zero-order chi connectivity index (χ0) is 24.2. The first-order chi connectivity index (χ1) is 15.5. The van der Waals surface area contributed by atoms with Crippen LogP contribution in [0.15, 0.2) is 64.2 Å². The Morgan fingerprint density at radius 2 is 1.79 bits per heavy atom. The SMILES string of the molecule is O=C(N/N=C\c1cc(Cl)c(OCc2ccc(Cl)c(Cl)c2)c(Br)c1)c1cccc(C(F)(F)F)c1. The van der Waals surface area contributed by atoms with E-state index in [1.165, 1.54) is 12.3 Å². The highest BCUT2D eigenvalue weighted by molar-refractivity contribution is 9.10. The molecule has 172 valence electrons. The highest BCUT2D eigenvalue weighted by Crippen LogP contribution is 2.35. The average Bonchev–Trinajstić information content (AvgIpc) is 2.75. The van der Waals surface area contributed by atoms with Gasteiger partial charge in [-0.05, 0) is 69.5 Å². The molecule has 0 saturated heterocycles. The number of hydrogen-bond donors (Lipinski definition) is 1. The van der Waals surface area contributed by atoms with E-state index in [1.807, 2.05) is 0 Å². The van der Waals surface area contributed by atoms with E-state index >= 15 is 0 Å². The number of alkyl halides is 3. The van der Waals surface area contributed by atoms with Gasteiger partial charge >= 0.3 is 6.18 Å². The van der Waals surface area contributed by atoms with Gasteiger partial charge in [0, 0.05) is 5.56 Å². The summed E-state index contributed by atoms with van der Waals surface area (Å²) in [5.74, 6) is -0.406. The van der Waals surface area contributed by atoms with Gasteiger partial charge in [-0.15, -0.1) is 0 Å². The van der Waals surface area contributed by atoms with E-state index in [2.05, 4.69) is 26.5 Å². The van der Waals surface area contributed by atoms with E-state index in [-0.39, 0.29) is 17.2 Å². The molecule has 0 aromatic heterocycles. The molecule has 0 aliphatic carbocycles. The number of rotatable bonds is 6. The molecule has 3 rings (SSSR count). The Hall–Kier alpha value is -2.26. The maximum atomic E-state index is 12.8. The lowest BCUT2D eigenvalue weighted by molar-refractivity contribution is -0.137. The van der Waals surface area contributed by atoms with Crippen LogP contribution < -0.4 is 10.2 Å². The summed E-state index contributed by atoms with van der Waals surface area (Å²) >= 11 is 21.6. The molecule has 0 heterocycles. The Balaban J connectivity index is 1.66. The van der Waals surface area contributed by atoms with Crippen LogP contribution in [0.1, 0.15) is 27.0 Å². The minimum atomic E-state index is -4.55. The molecule has 0 aliphatic heterocycles. The fourth-order valence-corrected chi connectivity index (χ4v) is 3.95. The fraction of sp³-hybridized carbons (Fsp3) is 0.0909. The highest BCUT2D eigenvalue weighted by atomic mass is 79.9. The van der Waals surface area contributed by atoms with Crippen LogP contribution in [0.4, 0.5) is 13.2 Å². The lowest BCUT2D eigenvalue weighted by Gasteiger charge is -2.11. The quantitative estimate of drug-likeness (QED) is 0.239. The van der Waals surface area contributed by atoms with E-state index in [1.54, 1.807) is 30.3 Å². The van der Waals surface area contributed by atoms with Crippen LogP contribution in [0.25, 0.3) is 0 Å². The second-order valence-electron chi connectivity index (χ2n) is 6.63. The standard InChI is InChI=1S/C22H13BrCl3F3N2O2/c23-16-6-13(8-19(26)20(16)33-11-12-4-5-17(24)18(25)7-12)10-30-31-21(32)14-2-1-3-15(9-14)22(27,28)29/h1-10H,11H2,(H,31,32)/b30-10-. The predicted octanol–water partition coefficient (Wildman–Crippen LogP) is 7.77. The molecule has 0 spiro atoms. The first kappa shape index (κ1) is 25.4. The molecule has 1 amide bonds. The number of halogens is 7. The van der Waals surface area contributed by atoms with Crippen molar-refractivity contribution in [3.05, 3.63) is 96.4 Å². The molecular weight excluding hydrogens is 568 g/mol. The Morgan fingerprint density at radius 3 is 2.45 bits per heavy atom. The summed E-state index contributed by atoms with van der Waals surface area (Å²) in [4.78, 5) is 12.1. The molecule has 0 aliphatic rings. The average molecular weight is 581 g/mol. The Labute approximate surface area is 210 Å². The first-order valence-electron chi connectivity index (χ1n) is 9.11. The second-order valence-corrected chi connectivity index (χ2v) is 8.70. The number of carbonyl (C=O) groups excluding carboxylic acids is 1. The lowest BCUT2D eigenvalue weighted by Crippen LogP contribution is -2.18. The number of amides is 1. The van der Waals surface area contributed by atoms with E-state index in [0.717, 1.165) is 23.8 Å². The Morgan fingerprint density at radius 1 is 1.03 bits per heavy atom. The summed E-state index contributed by atoms with van der Waals surface area (Å²) in [6, 6.07) is 12.3. The van der Waals surface area contributed by atoms with Crippen molar-refractivity contribution in [3.8, 4) is 5.75 Å². The molecule has 0 unspecified atom stereocenters. The third-order valence-corrected chi connectivity index (χ3v) is 5.83. The molecule has 3 aromatic rings. The van der Waals surface area contributed by atoms with Crippen LogP contribution in [-0.4, -0.2) is 12.1 Å². The molecule has 0 fully saturated rings. The molecule has 0 bridgehead atoms. The van der Waals surface area contributed by atoms with Gasteiger partial charge in [-0.25, -0.2) is 5.43 Å². The third-order valence-electron chi connectivity index (χ3n) is 4.22. The van der Waals surface area contributed by atoms with Gasteiger partial charge in [0.05, 0.1) is 31.3 Å². The molecule has 1 N–H and O–H groups in total. The number of hydrazone groups is 1. The maximum Gasteiger partial charge on any atom is 0.416 e. The van der Waals surface area contributed by atoms with Gasteiger partial charge in [-0.3, -0.25) is 4.79 Å². The topological polar surface area (TPSA) is 50.7 Å². The molecule has 3 aromatic carbocycles. The molecule has 0 radical (unpaired) electrons. The van der Waals surface area contributed by atoms with Gasteiger partial charge in [0.15, 0.2) is 5.75 Å². The summed E-state index contributed by atoms with van der Waals surface area (Å²) in [6.45, 7) is 0.190. The highest BCUT2D eigenvalue weighted by Gasteiger charge is 2.30. The molecule has 0 atom stereocenters. The zero-order valence-corrected chi connectivity index (χ0v) is 20.2. The van der Waals surface area contributed by atoms with Crippen molar-refractivity contribution in [3.63, 3.8) is 0 Å². The van der Waals surface area contributed by atoms with Crippen molar-refractivity contribution >= 4 is 62.9 Å². The first-order valence-corrected chi connectivity index (χ1v) is 11.0. The summed E-state index contributed by atoms with van der Waals surface area (Å²) in [5.41, 5.74) is 2.39. The van der Waals surface area contributed by atoms with Gasteiger partial charge in [-0.1, -0.05) is 46.9 Å². The summed E-state index contributed by atoms with van der Waals surface area (Å²) < 4.78 is 44.7. The van der Waals surface area contributed by atoms with Crippen molar-refractivity contribution < 1.29 is 22.7 Å².